The van der Waals surface area contributed by atoms with Crippen molar-refractivity contribution in [2.75, 3.05) is 0 Å². The quantitative estimate of drug-likeness (QED) is 0.602. The van der Waals surface area contributed by atoms with Crippen molar-refractivity contribution in [3.8, 4) is 17.4 Å². The zero-order chi connectivity index (χ0) is 18.8. The highest BCUT2D eigenvalue weighted by atomic mass is 35.5. The van der Waals surface area contributed by atoms with Crippen molar-refractivity contribution in [3.05, 3.63) is 52.3 Å². The summed E-state index contributed by atoms with van der Waals surface area (Å²) >= 11 is 5.94. The van der Waals surface area contributed by atoms with Gasteiger partial charge in [-0.15, -0.1) is 0 Å². The molecule has 2 rings (SSSR count). The molecule has 0 radical (unpaired) electrons. The highest BCUT2D eigenvalue weighted by Crippen LogP contribution is 2.37. The molecule has 1 aromatic heterocycles. The molecule has 2 aromatic rings. The van der Waals surface area contributed by atoms with Gasteiger partial charge in [0, 0.05) is 5.56 Å². The summed E-state index contributed by atoms with van der Waals surface area (Å²) in [5, 5.41) is 20.3. The van der Waals surface area contributed by atoms with Gasteiger partial charge < -0.3 is 14.3 Å². The van der Waals surface area contributed by atoms with Crippen molar-refractivity contribution in [1.29, 1.82) is 5.26 Å². The first kappa shape index (κ1) is 18.6. The summed E-state index contributed by atoms with van der Waals surface area (Å²) in [4.78, 5) is 11.1. The minimum absolute atomic E-state index is 0.0194. The maximum Gasteiger partial charge on any atom is 0.416 e. The van der Waals surface area contributed by atoms with E-state index >= 15 is 0 Å². The Morgan fingerprint density at radius 2 is 2.00 bits per heavy atom. The summed E-state index contributed by atoms with van der Waals surface area (Å²) in [5.74, 6) is -1.63. The maximum atomic E-state index is 12.8. The minimum atomic E-state index is -4.56. The Bertz CT molecular complexity index is 891. The zero-order valence-electron chi connectivity index (χ0n) is 12.8. The molecule has 0 aliphatic carbocycles. The number of nitriles is 1. The number of alkyl halides is 3. The van der Waals surface area contributed by atoms with Crippen LogP contribution in [0.4, 0.5) is 13.2 Å². The van der Waals surface area contributed by atoms with E-state index in [-0.39, 0.29) is 39.7 Å². The maximum absolute atomic E-state index is 12.8. The fourth-order valence-electron chi connectivity index (χ4n) is 2.20. The van der Waals surface area contributed by atoms with Crippen LogP contribution in [0.1, 0.15) is 24.7 Å². The fraction of sp³-hybridized carbons (Fsp3) is 0.176. The Morgan fingerprint density at radius 1 is 1.32 bits per heavy atom. The van der Waals surface area contributed by atoms with Crippen LogP contribution in [0, 0.1) is 11.3 Å². The fourth-order valence-corrected chi connectivity index (χ4v) is 2.41. The minimum Gasteiger partial charge on any atom is -0.545 e. The lowest BCUT2D eigenvalue weighted by Crippen LogP contribution is -2.25. The lowest BCUT2D eigenvalue weighted by Gasteiger charge is -2.09. The van der Waals surface area contributed by atoms with Crippen LogP contribution >= 0.6 is 11.6 Å². The third kappa shape index (κ3) is 3.86. The normalized spacial score (nSPS) is 12.5. The van der Waals surface area contributed by atoms with Crippen molar-refractivity contribution in [2.45, 2.75) is 19.5 Å². The van der Waals surface area contributed by atoms with Crippen LogP contribution in [0.25, 0.3) is 16.9 Å². The number of allylic oxidation sites excluding steroid dienone is 1. The van der Waals surface area contributed by atoms with Crippen LogP contribution in [0.15, 0.2) is 40.3 Å². The molecule has 1 aromatic carbocycles. The van der Waals surface area contributed by atoms with E-state index in [2.05, 4.69) is 0 Å². The number of halogens is 4. The molecule has 8 heteroatoms. The number of carboxylic acids is 1. The van der Waals surface area contributed by atoms with Gasteiger partial charge in [-0.1, -0.05) is 18.5 Å². The molecule has 0 saturated carbocycles. The lowest BCUT2D eigenvalue weighted by atomic mass is 10.1. The molecule has 0 spiro atoms. The predicted octanol–water partition coefficient (Wildman–Crippen LogP) is 4.06. The van der Waals surface area contributed by atoms with E-state index in [4.69, 9.17) is 16.0 Å². The third-order valence-electron chi connectivity index (χ3n) is 3.43. The molecule has 4 nitrogen and oxygen atoms in total. The van der Waals surface area contributed by atoms with E-state index in [1.54, 1.807) is 6.07 Å². The van der Waals surface area contributed by atoms with Crippen LogP contribution in [-0.2, 0) is 11.0 Å². The Kier molecular flexibility index (Phi) is 5.24. The number of nitrogens with zero attached hydrogens (tertiary/aromatic N) is 1. The molecular formula is C17H10ClF3NO3-. The molecular weight excluding hydrogens is 359 g/mol. The molecule has 25 heavy (non-hydrogen) atoms. The van der Waals surface area contributed by atoms with Crippen molar-refractivity contribution in [1.82, 2.24) is 0 Å². The molecule has 0 N–H and O–H groups in total. The molecule has 0 atom stereocenters. The van der Waals surface area contributed by atoms with E-state index < -0.39 is 17.7 Å². The molecule has 0 bridgehead atoms. The van der Waals surface area contributed by atoms with Gasteiger partial charge in [-0.3, -0.25) is 0 Å². The topological polar surface area (TPSA) is 77.1 Å². The summed E-state index contributed by atoms with van der Waals surface area (Å²) < 4.78 is 43.9. The second-order valence-corrected chi connectivity index (χ2v) is 5.37. The predicted molar refractivity (Wildman–Crippen MR) is 82.0 cm³/mol. The van der Waals surface area contributed by atoms with Gasteiger partial charge in [0.2, 0.25) is 0 Å². The number of hydrogen-bond donors (Lipinski definition) is 0. The van der Waals surface area contributed by atoms with E-state index in [0.29, 0.717) is 0 Å². The van der Waals surface area contributed by atoms with Crippen LogP contribution in [0.5, 0.6) is 0 Å². The average molecular weight is 369 g/mol. The second-order valence-electron chi connectivity index (χ2n) is 4.96. The van der Waals surface area contributed by atoms with Crippen molar-refractivity contribution >= 4 is 23.1 Å². The third-order valence-corrected chi connectivity index (χ3v) is 3.75. The number of carbonyl (C=O) groups excluding carboxylic acids is 1. The highest BCUT2D eigenvalue weighted by molar-refractivity contribution is 6.33. The number of benzene rings is 1. The molecule has 0 saturated heterocycles. The number of hydrogen-bond acceptors (Lipinski definition) is 4. The average Bonchev–Trinajstić information content (AvgIpc) is 3.00. The monoisotopic (exact) mass is 368 g/mol. The molecule has 0 unspecified atom stereocenters. The molecule has 1 heterocycles. The zero-order valence-corrected chi connectivity index (χ0v) is 13.5. The summed E-state index contributed by atoms with van der Waals surface area (Å²) in [5.41, 5.74) is -1.45. The van der Waals surface area contributed by atoms with Gasteiger partial charge in [-0.2, -0.15) is 18.4 Å². The van der Waals surface area contributed by atoms with Crippen LogP contribution in [0.3, 0.4) is 0 Å². The number of furan rings is 1. The van der Waals surface area contributed by atoms with E-state index in [1.165, 1.54) is 19.1 Å². The van der Waals surface area contributed by atoms with Crippen molar-refractivity contribution in [2.24, 2.45) is 0 Å². The number of carboxylic acid groups (broad SMARTS) is 1. The van der Waals surface area contributed by atoms with Gasteiger partial charge >= 0.3 is 6.18 Å². The number of aliphatic carboxylic acids is 1. The summed E-state index contributed by atoms with van der Waals surface area (Å²) in [7, 11) is 0. The highest BCUT2D eigenvalue weighted by Gasteiger charge is 2.31. The Labute approximate surface area is 145 Å². The van der Waals surface area contributed by atoms with E-state index in [1.807, 2.05) is 0 Å². The van der Waals surface area contributed by atoms with Gasteiger partial charge in [0.25, 0.3) is 0 Å². The van der Waals surface area contributed by atoms with Crippen molar-refractivity contribution < 1.29 is 27.5 Å². The van der Waals surface area contributed by atoms with Crippen molar-refractivity contribution in [3.63, 3.8) is 0 Å². The van der Waals surface area contributed by atoms with Crippen LogP contribution < -0.4 is 5.11 Å². The van der Waals surface area contributed by atoms with Crippen LogP contribution in [0.2, 0.25) is 5.02 Å². The Balaban J connectivity index is 2.56. The standard InChI is InChI=1S/C17H11ClF3NO3/c1-2-10(16(23)24)12(8-22)15-6-5-14(25-15)11-7-9(17(19,20)21)3-4-13(11)18/h3-7H,2H2,1H3,(H,23,24)/p-1. The number of rotatable bonds is 4. The van der Waals surface area contributed by atoms with E-state index in [9.17, 15) is 28.3 Å². The van der Waals surface area contributed by atoms with Gasteiger partial charge in [-0.05, 0) is 42.3 Å². The Hall–Kier alpha value is -2.72. The molecule has 0 aliphatic heterocycles. The Morgan fingerprint density at radius 3 is 2.52 bits per heavy atom. The van der Waals surface area contributed by atoms with Crippen LogP contribution in [-0.4, -0.2) is 5.97 Å². The lowest BCUT2D eigenvalue weighted by molar-refractivity contribution is -0.299. The largest absolute Gasteiger partial charge is 0.545 e. The second kappa shape index (κ2) is 7.03. The van der Waals surface area contributed by atoms with Gasteiger partial charge in [0.05, 0.1) is 22.1 Å². The van der Waals surface area contributed by atoms with Gasteiger partial charge in [0.15, 0.2) is 0 Å². The smallest absolute Gasteiger partial charge is 0.416 e. The summed E-state index contributed by atoms with van der Waals surface area (Å²) in [6, 6.07) is 7.07. The van der Waals surface area contributed by atoms with Gasteiger partial charge in [-0.25, -0.2) is 0 Å². The summed E-state index contributed by atoms with van der Waals surface area (Å²) in [6.45, 7) is 1.52. The first-order valence-electron chi connectivity index (χ1n) is 7.01. The molecule has 0 fully saturated rings. The molecule has 0 aliphatic rings. The van der Waals surface area contributed by atoms with E-state index in [0.717, 1.165) is 18.2 Å². The first-order valence-corrected chi connectivity index (χ1v) is 7.38. The summed E-state index contributed by atoms with van der Waals surface area (Å²) in [6.07, 6.45) is -4.54. The molecule has 0 amide bonds. The number of carbonyl (C=O) groups is 1. The SMILES string of the molecule is CCC(C(=O)[O-])=C(C#N)c1ccc(-c2cc(C(F)(F)F)ccc2Cl)o1. The molecule has 130 valence electrons. The first-order chi connectivity index (χ1) is 11.7. The van der Waals surface area contributed by atoms with Gasteiger partial charge in [0.1, 0.15) is 17.6 Å².